The van der Waals surface area contributed by atoms with E-state index in [-0.39, 0.29) is 5.84 Å². The lowest BCUT2D eigenvalue weighted by Crippen LogP contribution is -2.46. The number of benzene rings is 1. The number of aromatic nitrogens is 2. The van der Waals surface area contributed by atoms with Crippen molar-refractivity contribution in [3.05, 3.63) is 53.3 Å². The van der Waals surface area contributed by atoms with Crippen molar-refractivity contribution in [3.8, 4) is 0 Å². The fourth-order valence-electron chi connectivity index (χ4n) is 3.56. The van der Waals surface area contributed by atoms with Crippen LogP contribution in [0.4, 0.5) is 5.69 Å². The molecule has 28 heavy (non-hydrogen) atoms. The molecule has 3 rings (SSSR count). The number of nitrogens with one attached hydrogen (secondary N) is 1. The van der Waals surface area contributed by atoms with Crippen LogP contribution in [0.1, 0.15) is 30.7 Å². The summed E-state index contributed by atoms with van der Waals surface area (Å²) < 4.78 is 0. The molecule has 1 fully saturated rings. The summed E-state index contributed by atoms with van der Waals surface area (Å²) in [5.74, 6) is 0.861. The van der Waals surface area contributed by atoms with Crippen LogP contribution in [-0.4, -0.2) is 47.1 Å². The zero-order valence-electron chi connectivity index (χ0n) is 16.5. The van der Waals surface area contributed by atoms with Crippen molar-refractivity contribution in [2.24, 2.45) is 22.0 Å². The van der Waals surface area contributed by atoms with Crippen molar-refractivity contribution < 1.29 is 0 Å². The molecule has 0 atom stereocenters. The first kappa shape index (κ1) is 19.9. The Hall–Kier alpha value is -2.87. The number of amidine groups is 1. The van der Waals surface area contributed by atoms with Gasteiger partial charge in [-0.3, -0.25) is 4.90 Å². The molecule has 1 aliphatic rings. The van der Waals surface area contributed by atoms with Gasteiger partial charge in [0.25, 0.3) is 0 Å². The van der Waals surface area contributed by atoms with Gasteiger partial charge in [0, 0.05) is 50.2 Å². The van der Waals surface area contributed by atoms with Crippen LogP contribution >= 0.6 is 0 Å². The molecule has 8 heteroatoms. The van der Waals surface area contributed by atoms with Gasteiger partial charge in [0.05, 0.1) is 5.69 Å². The quantitative estimate of drug-likeness (QED) is 0.332. The average Bonchev–Trinajstić information content (AvgIpc) is 2.69. The molecule has 8 nitrogen and oxygen atoms in total. The molecule has 0 amide bonds. The third kappa shape index (κ3) is 5.10. The van der Waals surface area contributed by atoms with Gasteiger partial charge in [-0.1, -0.05) is 25.1 Å². The number of nitrogens with zero attached hydrogens (tertiary/aromatic N) is 6. The van der Waals surface area contributed by atoms with E-state index in [4.69, 9.17) is 11.3 Å². The molecule has 0 aliphatic carbocycles. The van der Waals surface area contributed by atoms with E-state index in [1.807, 2.05) is 18.2 Å². The maximum Gasteiger partial charge on any atom is 0.157 e. The molecular weight excluding hydrogens is 352 g/mol. The minimum atomic E-state index is 0.281. The standard InChI is InChI=1S/C20H28N8/c1-15(2)12-16-5-6-18(20(21)25-26-22)19(13-16)28-10-8-27(9-11-28)14-17-4-3-7-23-24-17/h3-7,13,15H,8-12,14H2,1-2H3,(H3,21,22,25). The fraction of sp³-hybridized carbons (Fsp3) is 0.450. The molecule has 1 aliphatic heterocycles. The molecule has 3 N–H and O–H groups in total. The van der Waals surface area contributed by atoms with Crippen LogP contribution in [0.25, 0.3) is 0 Å². The summed E-state index contributed by atoms with van der Waals surface area (Å²) in [5.41, 5.74) is 17.3. The Morgan fingerprint density at radius 2 is 2.00 bits per heavy atom. The van der Waals surface area contributed by atoms with E-state index in [9.17, 15) is 0 Å². The van der Waals surface area contributed by atoms with Gasteiger partial charge < -0.3 is 10.6 Å². The third-order valence-electron chi connectivity index (χ3n) is 4.87. The zero-order valence-corrected chi connectivity index (χ0v) is 16.5. The highest BCUT2D eigenvalue weighted by molar-refractivity contribution is 6.02. The molecule has 0 unspecified atom stereocenters. The van der Waals surface area contributed by atoms with Gasteiger partial charge in [-0.25, -0.2) is 0 Å². The van der Waals surface area contributed by atoms with Crippen LogP contribution in [0.5, 0.6) is 0 Å². The van der Waals surface area contributed by atoms with Crippen molar-refractivity contribution >= 4 is 11.5 Å². The maximum absolute atomic E-state index is 6.99. The molecule has 2 heterocycles. The number of anilines is 1. The van der Waals surface area contributed by atoms with Crippen molar-refractivity contribution in [3.63, 3.8) is 0 Å². The van der Waals surface area contributed by atoms with Crippen LogP contribution in [0, 0.1) is 11.4 Å². The average molecular weight is 381 g/mol. The molecule has 0 saturated carbocycles. The first-order chi connectivity index (χ1) is 13.6. The van der Waals surface area contributed by atoms with Crippen molar-refractivity contribution in [2.75, 3.05) is 31.1 Å². The van der Waals surface area contributed by atoms with E-state index >= 15 is 0 Å². The van der Waals surface area contributed by atoms with Crippen LogP contribution in [0.2, 0.25) is 0 Å². The first-order valence-electron chi connectivity index (χ1n) is 9.64. The SMILES string of the molecule is CC(C)Cc1ccc(C(N)=NN=N)c(N2CCN(Cc3cccnn3)CC2)c1. The molecule has 2 aromatic rings. The predicted octanol–water partition coefficient (Wildman–Crippen LogP) is 2.65. The maximum atomic E-state index is 6.99. The summed E-state index contributed by atoms with van der Waals surface area (Å²) in [4.78, 5) is 4.73. The number of nitrogens with two attached hydrogens (primary N) is 1. The highest BCUT2D eigenvalue weighted by Gasteiger charge is 2.21. The third-order valence-corrected chi connectivity index (χ3v) is 4.87. The van der Waals surface area contributed by atoms with E-state index in [0.717, 1.165) is 56.1 Å². The van der Waals surface area contributed by atoms with Crippen LogP contribution in [-0.2, 0) is 13.0 Å². The van der Waals surface area contributed by atoms with Crippen molar-refractivity contribution in [1.82, 2.24) is 15.1 Å². The molecular formula is C20H28N8. The minimum absolute atomic E-state index is 0.281. The lowest BCUT2D eigenvalue weighted by molar-refractivity contribution is 0.246. The minimum Gasteiger partial charge on any atom is -0.382 e. The van der Waals surface area contributed by atoms with E-state index in [1.54, 1.807) is 6.20 Å². The molecule has 1 aromatic heterocycles. The number of hydrogen-bond donors (Lipinski definition) is 2. The Labute approximate surface area is 166 Å². The molecule has 0 spiro atoms. The highest BCUT2D eigenvalue weighted by Crippen LogP contribution is 2.25. The molecule has 148 valence electrons. The Balaban J connectivity index is 1.76. The fourth-order valence-corrected chi connectivity index (χ4v) is 3.56. The van der Waals surface area contributed by atoms with Gasteiger partial charge in [0.1, 0.15) is 0 Å². The largest absolute Gasteiger partial charge is 0.382 e. The Kier molecular flexibility index (Phi) is 6.65. The molecule has 0 radical (unpaired) electrons. The summed E-state index contributed by atoms with van der Waals surface area (Å²) in [6, 6.07) is 10.2. The lowest BCUT2D eigenvalue weighted by atomic mass is 9.99. The Bertz CT molecular complexity index is 810. The molecule has 0 bridgehead atoms. The predicted molar refractivity (Wildman–Crippen MR) is 110 cm³/mol. The number of hydrogen-bond acceptors (Lipinski definition) is 6. The smallest absolute Gasteiger partial charge is 0.157 e. The van der Waals surface area contributed by atoms with Crippen LogP contribution < -0.4 is 10.6 Å². The second-order valence-corrected chi connectivity index (χ2v) is 7.51. The van der Waals surface area contributed by atoms with Crippen LogP contribution in [0.15, 0.2) is 46.9 Å². The summed E-state index contributed by atoms with van der Waals surface area (Å²) >= 11 is 0. The summed E-state index contributed by atoms with van der Waals surface area (Å²) in [6.45, 7) is 8.90. The number of rotatable bonds is 7. The highest BCUT2D eigenvalue weighted by atomic mass is 15.3. The van der Waals surface area contributed by atoms with Crippen LogP contribution in [0.3, 0.4) is 0 Å². The Morgan fingerprint density at radius 1 is 1.21 bits per heavy atom. The van der Waals surface area contributed by atoms with E-state index < -0.39 is 0 Å². The molecule has 1 saturated heterocycles. The van der Waals surface area contributed by atoms with Gasteiger partial charge >= 0.3 is 0 Å². The van der Waals surface area contributed by atoms with Gasteiger partial charge in [-0.05, 0) is 42.2 Å². The molecule has 1 aromatic carbocycles. The zero-order chi connectivity index (χ0) is 19.9. The van der Waals surface area contributed by atoms with Crippen molar-refractivity contribution in [2.45, 2.75) is 26.8 Å². The summed E-state index contributed by atoms with van der Waals surface area (Å²) in [7, 11) is 0. The second kappa shape index (κ2) is 9.36. The van der Waals surface area contributed by atoms with Crippen molar-refractivity contribution in [1.29, 1.82) is 5.53 Å². The normalized spacial score (nSPS) is 15.8. The Morgan fingerprint density at radius 3 is 2.64 bits per heavy atom. The van der Waals surface area contributed by atoms with Gasteiger partial charge in [-0.15, -0.1) is 5.10 Å². The second-order valence-electron chi connectivity index (χ2n) is 7.51. The van der Waals surface area contributed by atoms with Gasteiger partial charge in [0.15, 0.2) is 5.84 Å². The van der Waals surface area contributed by atoms with Gasteiger partial charge in [0.2, 0.25) is 0 Å². The summed E-state index contributed by atoms with van der Waals surface area (Å²) in [5, 5.41) is 15.0. The van der Waals surface area contributed by atoms with E-state index in [1.165, 1.54) is 5.56 Å². The number of piperazine rings is 1. The van der Waals surface area contributed by atoms with E-state index in [0.29, 0.717) is 5.92 Å². The lowest BCUT2D eigenvalue weighted by Gasteiger charge is -2.37. The topological polar surface area (TPSA) is 107 Å². The van der Waals surface area contributed by atoms with Gasteiger partial charge in [-0.2, -0.15) is 15.7 Å². The first-order valence-corrected chi connectivity index (χ1v) is 9.64. The van der Waals surface area contributed by atoms with E-state index in [2.05, 4.69) is 56.3 Å². The summed E-state index contributed by atoms with van der Waals surface area (Å²) in [6.07, 6.45) is 2.71. The monoisotopic (exact) mass is 380 g/mol.